The first kappa shape index (κ1) is 14.5. The molecule has 1 amide bonds. The Bertz CT molecular complexity index is 596. The van der Waals surface area contributed by atoms with E-state index >= 15 is 0 Å². The highest BCUT2D eigenvalue weighted by Crippen LogP contribution is 2.17. The molecule has 0 aliphatic rings. The van der Waals surface area contributed by atoms with Crippen molar-refractivity contribution in [3.05, 3.63) is 41.6 Å². The highest BCUT2D eigenvalue weighted by molar-refractivity contribution is 6.06. The summed E-state index contributed by atoms with van der Waals surface area (Å²) in [7, 11) is 0. The molecule has 1 N–H and O–H groups in total. The van der Waals surface area contributed by atoms with Gasteiger partial charge in [-0.25, -0.2) is 0 Å². The van der Waals surface area contributed by atoms with Crippen LogP contribution in [0.2, 0.25) is 0 Å². The Morgan fingerprint density at radius 1 is 1.35 bits per heavy atom. The van der Waals surface area contributed by atoms with Gasteiger partial charge in [-0.1, -0.05) is 18.2 Å². The van der Waals surface area contributed by atoms with E-state index in [9.17, 15) is 4.79 Å². The normalized spacial score (nSPS) is 10.7. The maximum atomic E-state index is 12.3. The predicted octanol–water partition coefficient (Wildman–Crippen LogP) is 2.70. The zero-order valence-electron chi connectivity index (χ0n) is 12.0. The first-order valence-electron chi connectivity index (χ1n) is 6.94. The molecule has 0 spiro atoms. The van der Waals surface area contributed by atoms with Crippen molar-refractivity contribution in [1.29, 1.82) is 0 Å². The van der Waals surface area contributed by atoms with Gasteiger partial charge in [0.1, 0.15) is 0 Å². The first-order valence-corrected chi connectivity index (χ1v) is 6.94. The zero-order valence-corrected chi connectivity index (χ0v) is 12.0. The summed E-state index contributed by atoms with van der Waals surface area (Å²) in [5.74, 6) is -0.0526. The van der Waals surface area contributed by atoms with Crippen molar-refractivity contribution in [3.8, 4) is 0 Å². The molecule has 0 aliphatic carbocycles. The van der Waals surface area contributed by atoms with Gasteiger partial charge in [0.15, 0.2) is 0 Å². The van der Waals surface area contributed by atoms with Crippen LogP contribution < -0.4 is 5.32 Å². The second-order valence-corrected chi connectivity index (χ2v) is 4.63. The summed E-state index contributed by atoms with van der Waals surface area (Å²) in [5, 5.41) is 3.82. The third-order valence-electron chi connectivity index (χ3n) is 3.04. The number of aryl methyl sites for hydroxylation is 1. The minimum Gasteiger partial charge on any atom is -0.382 e. The van der Waals surface area contributed by atoms with Crippen molar-refractivity contribution >= 4 is 16.8 Å². The van der Waals surface area contributed by atoms with Crippen LogP contribution in [-0.4, -0.2) is 30.6 Å². The van der Waals surface area contributed by atoms with Crippen LogP contribution in [0.4, 0.5) is 0 Å². The molecule has 0 saturated carbocycles. The molecule has 1 aromatic carbocycles. The van der Waals surface area contributed by atoms with E-state index in [0.29, 0.717) is 25.3 Å². The molecule has 4 nitrogen and oxygen atoms in total. The summed E-state index contributed by atoms with van der Waals surface area (Å²) in [6.07, 6.45) is 0.821. The molecule has 0 bridgehead atoms. The number of carbonyl (C=O) groups is 1. The first-order chi connectivity index (χ1) is 9.72. The van der Waals surface area contributed by atoms with E-state index < -0.39 is 0 Å². The Hall–Kier alpha value is -1.94. The number of hydrogen-bond acceptors (Lipinski definition) is 3. The lowest BCUT2D eigenvalue weighted by Crippen LogP contribution is -2.25. The Balaban J connectivity index is 2.09. The lowest BCUT2D eigenvalue weighted by Gasteiger charge is -2.09. The number of amides is 1. The number of rotatable bonds is 6. The Labute approximate surface area is 119 Å². The third kappa shape index (κ3) is 3.54. The van der Waals surface area contributed by atoms with Gasteiger partial charge in [-0.3, -0.25) is 9.78 Å². The number of aromatic nitrogens is 1. The van der Waals surface area contributed by atoms with Gasteiger partial charge in [0.2, 0.25) is 0 Å². The minimum absolute atomic E-state index is 0.0526. The third-order valence-corrected chi connectivity index (χ3v) is 3.04. The Morgan fingerprint density at radius 2 is 2.15 bits per heavy atom. The highest BCUT2D eigenvalue weighted by atomic mass is 16.5. The van der Waals surface area contributed by atoms with Crippen LogP contribution >= 0.6 is 0 Å². The average molecular weight is 272 g/mol. The van der Waals surface area contributed by atoms with E-state index in [2.05, 4.69) is 10.3 Å². The number of nitrogens with zero attached hydrogens (tertiary/aromatic N) is 1. The van der Waals surface area contributed by atoms with Gasteiger partial charge in [0, 0.05) is 30.8 Å². The van der Waals surface area contributed by atoms with Crippen molar-refractivity contribution in [2.24, 2.45) is 0 Å². The number of para-hydroxylation sites is 1. The summed E-state index contributed by atoms with van der Waals surface area (Å²) < 4.78 is 5.25. The van der Waals surface area contributed by atoms with E-state index in [1.54, 1.807) is 0 Å². The van der Waals surface area contributed by atoms with Gasteiger partial charge in [0.05, 0.1) is 11.1 Å². The van der Waals surface area contributed by atoms with Crippen LogP contribution in [0.1, 0.15) is 29.4 Å². The maximum absolute atomic E-state index is 12.3. The van der Waals surface area contributed by atoms with Crippen LogP contribution in [-0.2, 0) is 4.74 Å². The van der Waals surface area contributed by atoms with Gasteiger partial charge >= 0.3 is 0 Å². The average Bonchev–Trinajstić information content (AvgIpc) is 2.46. The molecule has 2 aromatic rings. The molecule has 0 radical (unpaired) electrons. The van der Waals surface area contributed by atoms with Crippen molar-refractivity contribution in [2.75, 3.05) is 19.8 Å². The summed E-state index contributed by atoms with van der Waals surface area (Å²) in [6, 6.07) is 9.54. The predicted molar refractivity (Wildman–Crippen MR) is 79.9 cm³/mol. The van der Waals surface area contributed by atoms with Gasteiger partial charge in [-0.05, 0) is 32.4 Å². The molecule has 0 atom stereocenters. The monoisotopic (exact) mass is 272 g/mol. The number of hydrogen-bond donors (Lipinski definition) is 1. The maximum Gasteiger partial charge on any atom is 0.252 e. The summed E-state index contributed by atoms with van der Waals surface area (Å²) >= 11 is 0. The minimum atomic E-state index is -0.0526. The SMILES string of the molecule is CCOCCCNC(=O)c1cc(C)nc2ccccc12. The van der Waals surface area contributed by atoms with E-state index in [0.717, 1.165) is 23.0 Å². The summed E-state index contributed by atoms with van der Waals surface area (Å²) in [6.45, 7) is 5.87. The summed E-state index contributed by atoms with van der Waals surface area (Å²) in [4.78, 5) is 16.7. The zero-order chi connectivity index (χ0) is 14.4. The number of benzene rings is 1. The quantitative estimate of drug-likeness (QED) is 0.823. The molecule has 1 heterocycles. The molecule has 1 aromatic heterocycles. The van der Waals surface area contributed by atoms with E-state index in [4.69, 9.17) is 4.74 Å². The number of pyridine rings is 1. The highest BCUT2D eigenvalue weighted by Gasteiger charge is 2.10. The second kappa shape index (κ2) is 7.01. The largest absolute Gasteiger partial charge is 0.382 e. The smallest absolute Gasteiger partial charge is 0.252 e. The Kier molecular flexibility index (Phi) is 5.07. The van der Waals surface area contributed by atoms with Crippen LogP contribution in [0.15, 0.2) is 30.3 Å². The van der Waals surface area contributed by atoms with Crippen molar-refractivity contribution < 1.29 is 9.53 Å². The lowest BCUT2D eigenvalue weighted by atomic mass is 10.1. The molecule has 2 rings (SSSR count). The molecule has 4 heteroatoms. The van der Waals surface area contributed by atoms with E-state index in [1.807, 2.05) is 44.2 Å². The van der Waals surface area contributed by atoms with Gasteiger partial charge < -0.3 is 10.1 Å². The van der Waals surface area contributed by atoms with Gasteiger partial charge in [-0.2, -0.15) is 0 Å². The number of fused-ring (bicyclic) bond motifs is 1. The fourth-order valence-electron chi connectivity index (χ4n) is 2.11. The molecule has 106 valence electrons. The summed E-state index contributed by atoms with van der Waals surface area (Å²) in [5.41, 5.74) is 2.39. The van der Waals surface area contributed by atoms with Crippen LogP contribution in [0, 0.1) is 6.92 Å². The number of nitrogens with one attached hydrogen (secondary N) is 1. The fourth-order valence-corrected chi connectivity index (χ4v) is 2.11. The topological polar surface area (TPSA) is 51.2 Å². The van der Waals surface area contributed by atoms with Crippen LogP contribution in [0.3, 0.4) is 0 Å². The standard InChI is InChI=1S/C16H20N2O2/c1-3-20-10-6-9-17-16(19)14-11-12(2)18-15-8-5-4-7-13(14)15/h4-5,7-8,11H,3,6,9-10H2,1-2H3,(H,17,19). The van der Waals surface area contributed by atoms with Gasteiger partial charge in [0.25, 0.3) is 5.91 Å². The van der Waals surface area contributed by atoms with Crippen LogP contribution in [0.25, 0.3) is 10.9 Å². The number of ether oxygens (including phenoxy) is 1. The Morgan fingerprint density at radius 3 is 2.95 bits per heavy atom. The molecule has 20 heavy (non-hydrogen) atoms. The van der Waals surface area contributed by atoms with Gasteiger partial charge in [-0.15, -0.1) is 0 Å². The molecular formula is C16H20N2O2. The van der Waals surface area contributed by atoms with Crippen molar-refractivity contribution in [3.63, 3.8) is 0 Å². The molecule has 0 fully saturated rings. The van der Waals surface area contributed by atoms with Crippen molar-refractivity contribution in [1.82, 2.24) is 10.3 Å². The molecule has 0 saturated heterocycles. The fraction of sp³-hybridized carbons (Fsp3) is 0.375. The second-order valence-electron chi connectivity index (χ2n) is 4.63. The van der Waals surface area contributed by atoms with Crippen LogP contribution in [0.5, 0.6) is 0 Å². The van der Waals surface area contributed by atoms with Crippen molar-refractivity contribution in [2.45, 2.75) is 20.3 Å². The van der Waals surface area contributed by atoms with E-state index in [-0.39, 0.29) is 5.91 Å². The number of carbonyl (C=O) groups excluding carboxylic acids is 1. The lowest BCUT2D eigenvalue weighted by molar-refractivity contribution is 0.0945. The molecule has 0 unspecified atom stereocenters. The molecule has 0 aliphatic heterocycles. The molecular weight excluding hydrogens is 252 g/mol. The van der Waals surface area contributed by atoms with E-state index in [1.165, 1.54) is 0 Å².